The van der Waals surface area contributed by atoms with E-state index in [4.69, 9.17) is 5.11 Å². The first-order valence-electron chi connectivity index (χ1n) is 5.81. The topological polar surface area (TPSA) is 61.4 Å². The molecule has 0 saturated heterocycles. The van der Waals surface area contributed by atoms with Gasteiger partial charge in [-0.25, -0.2) is 4.79 Å². The van der Waals surface area contributed by atoms with Crippen molar-refractivity contribution in [2.45, 2.75) is 58.5 Å². The molecule has 0 aromatic heterocycles. The van der Waals surface area contributed by atoms with E-state index in [2.05, 4.69) is 24.5 Å². The van der Waals surface area contributed by atoms with Gasteiger partial charge >= 0.3 is 6.03 Å². The van der Waals surface area contributed by atoms with E-state index in [0.717, 1.165) is 25.7 Å². The summed E-state index contributed by atoms with van der Waals surface area (Å²) in [6.07, 6.45) is 3.45. The second-order valence-corrected chi connectivity index (χ2v) is 3.90. The van der Waals surface area contributed by atoms with Crippen LogP contribution < -0.4 is 10.6 Å². The summed E-state index contributed by atoms with van der Waals surface area (Å²) < 4.78 is 0. The van der Waals surface area contributed by atoms with Gasteiger partial charge < -0.3 is 15.7 Å². The highest BCUT2D eigenvalue weighted by Gasteiger charge is 2.10. The van der Waals surface area contributed by atoms with Crippen molar-refractivity contribution < 1.29 is 9.90 Å². The molecular weight excluding hydrogens is 192 g/mol. The summed E-state index contributed by atoms with van der Waals surface area (Å²) in [4.78, 5) is 11.5. The second-order valence-electron chi connectivity index (χ2n) is 3.90. The minimum Gasteiger partial charge on any atom is -0.396 e. The molecule has 90 valence electrons. The van der Waals surface area contributed by atoms with E-state index in [0.29, 0.717) is 0 Å². The average Bonchev–Trinajstić information content (AvgIpc) is 2.22. The van der Waals surface area contributed by atoms with Crippen LogP contribution in [0.5, 0.6) is 0 Å². The van der Waals surface area contributed by atoms with Crippen molar-refractivity contribution in [3.8, 4) is 0 Å². The molecule has 0 aromatic rings. The molecule has 0 aliphatic carbocycles. The molecule has 15 heavy (non-hydrogen) atoms. The lowest BCUT2D eigenvalue weighted by atomic mass is 10.2. The van der Waals surface area contributed by atoms with Crippen LogP contribution in [0.3, 0.4) is 0 Å². The van der Waals surface area contributed by atoms with Crippen molar-refractivity contribution in [2.75, 3.05) is 6.61 Å². The van der Waals surface area contributed by atoms with Crippen molar-refractivity contribution in [3.05, 3.63) is 0 Å². The Balaban J connectivity index is 3.71. The fraction of sp³-hybridized carbons (Fsp3) is 0.909. The third-order valence-electron chi connectivity index (χ3n) is 2.49. The van der Waals surface area contributed by atoms with Crippen molar-refractivity contribution >= 4 is 6.03 Å². The molecule has 4 nitrogen and oxygen atoms in total. The number of carbonyl (C=O) groups excluding carboxylic acids is 1. The van der Waals surface area contributed by atoms with Crippen molar-refractivity contribution in [2.24, 2.45) is 0 Å². The highest BCUT2D eigenvalue weighted by Crippen LogP contribution is 1.98. The third-order valence-corrected chi connectivity index (χ3v) is 2.49. The Morgan fingerprint density at radius 1 is 1.27 bits per heavy atom. The molecule has 0 aromatic carbocycles. The van der Waals surface area contributed by atoms with Crippen molar-refractivity contribution in [1.29, 1.82) is 0 Å². The van der Waals surface area contributed by atoms with Crippen LogP contribution in [0, 0.1) is 0 Å². The molecule has 0 aliphatic rings. The van der Waals surface area contributed by atoms with Crippen molar-refractivity contribution in [1.82, 2.24) is 10.6 Å². The molecule has 0 fully saturated rings. The van der Waals surface area contributed by atoms with Gasteiger partial charge in [-0.3, -0.25) is 0 Å². The number of hydrogen-bond donors (Lipinski definition) is 3. The van der Waals surface area contributed by atoms with E-state index < -0.39 is 0 Å². The summed E-state index contributed by atoms with van der Waals surface area (Å²) in [6.45, 7) is 6.25. The number of amides is 2. The monoisotopic (exact) mass is 216 g/mol. The summed E-state index contributed by atoms with van der Waals surface area (Å²) in [5.41, 5.74) is 0. The van der Waals surface area contributed by atoms with Gasteiger partial charge in [0.05, 0.1) is 0 Å². The lowest BCUT2D eigenvalue weighted by Crippen LogP contribution is -2.45. The number of hydrogen-bond acceptors (Lipinski definition) is 2. The highest BCUT2D eigenvalue weighted by molar-refractivity contribution is 5.74. The van der Waals surface area contributed by atoms with Crippen LogP contribution in [-0.4, -0.2) is 29.8 Å². The van der Waals surface area contributed by atoms with Crippen molar-refractivity contribution in [3.63, 3.8) is 0 Å². The van der Waals surface area contributed by atoms with E-state index in [1.165, 1.54) is 0 Å². The van der Waals surface area contributed by atoms with Gasteiger partial charge in [-0.05, 0) is 32.6 Å². The second kappa shape index (κ2) is 8.53. The fourth-order valence-electron chi connectivity index (χ4n) is 1.41. The van der Waals surface area contributed by atoms with Gasteiger partial charge in [-0.1, -0.05) is 13.8 Å². The third kappa shape index (κ3) is 7.19. The molecule has 0 aliphatic heterocycles. The first-order chi connectivity index (χ1) is 7.13. The number of rotatable bonds is 7. The quantitative estimate of drug-likeness (QED) is 0.606. The minimum atomic E-state index is -0.103. The summed E-state index contributed by atoms with van der Waals surface area (Å²) >= 11 is 0. The van der Waals surface area contributed by atoms with E-state index in [9.17, 15) is 4.79 Å². The van der Waals surface area contributed by atoms with Gasteiger partial charge in [0.15, 0.2) is 0 Å². The Labute approximate surface area is 92.4 Å². The lowest BCUT2D eigenvalue weighted by molar-refractivity contribution is 0.230. The van der Waals surface area contributed by atoms with Crippen LogP contribution in [0.25, 0.3) is 0 Å². The summed E-state index contributed by atoms with van der Waals surface area (Å²) in [5.74, 6) is 0. The van der Waals surface area contributed by atoms with Gasteiger partial charge in [0.1, 0.15) is 0 Å². The number of urea groups is 1. The van der Waals surface area contributed by atoms with Crippen LogP contribution >= 0.6 is 0 Å². The molecule has 0 saturated carbocycles. The molecular formula is C11H24N2O2. The van der Waals surface area contributed by atoms with Gasteiger partial charge in [-0.2, -0.15) is 0 Å². The molecule has 4 heteroatoms. The number of aliphatic hydroxyl groups is 1. The summed E-state index contributed by atoms with van der Waals surface area (Å²) in [5, 5.41) is 14.4. The molecule has 1 unspecified atom stereocenters. The average molecular weight is 216 g/mol. The molecule has 0 radical (unpaired) electrons. The first-order valence-corrected chi connectivity index (χ1v) is 5.81. The number of nitrogens with one attached hydrogen (secondary N) is 2. The summed E-state index contributed by atoms with van der Waals surface area (Å²) in [7, 11) is 0. The van der Waals surface area contributed by atoms with E-state index in [-0.39, 0.29) is 24.7 Å². The molecule has 2 amide bonds. The maximum Gasteiger partial charge on any atom is 0.315 e. The van der Waals surface area contributed by atoms with Crippen LogP contribution in [0.2, 0.25) is 0 Å². The van der Waals surface area contributed by atoms with Gasteiger partial charge in [0.25, 0.3) is 0 Å². The summed E-state index contributed by atoms with van der Waals surface area (Å²) in [6, 6.07) is 0.274. The lowest BCUT2D eigenvalue weighted by Gasteiger charge is -2.18. The standard InChI is InChI=1S/C11H24N2O2/c1-4-10(5-2)13-11(15)12-9(3)7-6-8-14/h9-10,14H,4-8H2,1-3H3,(H2,12,13,15). The van der Waals surface area contributed by atoms with Gasteiger partial charge in [0.2, 0.25) is 0 Å². The largest absolute Gasteiger partial charge is 0.396 e. The van der Waals surface area contributed by atoms with E-state index in [1.54, 1.807) is 0 Å². The van der Waals surface area contributed by atoms with Crippen LogP contribution in [-0.2, 0) is 0 Å². The Bertz CT molecular complexity index is 170. The van der Waals surface area contributed by atoms with Gasteiger partial charge in [0, 0.05) is 18.7 Å². The zero-order valence-electron chi connectivity index (χ0n) is 10.0. The van der Waals surface area contributed by atoms with Crippen LogP contribution in [0.15, 0.2) is 0 Å². The molecule has 0 heterocycles. The zero-order chi connectivity index (χ0) is 11.7. The van der Waals surface area contributed by atoms with E-state index >= 15 is 0 Å². The molecule has 0 spiro atoms. The highest BCUT2D eigenvalue weighted by atomic mass is 16.3. The smallest absolute Gasteiger partial charge is 0.315 e. The fourth-order valence-corrected chi connectivity index (χ4v) is 1.41. The maximum absolute atomic E-state index is 11.5. The molecule has 0 rings (SSSR count). The first kappa shape index (κ1) is 14.2. The SMILES string of the molecule is CCC(CC)NC(=O)NC(C)CCCO. The van der Waals surface area contributed by atoms with E-state index in [1.807, 2.05) is 6.92 Å². The molecule has 1 atom stereocenters. The molecule has 0 bridgehead atoms. The Kier molecular flexibility index (Phi) is 8.09. The minimum absolute atomic E-state index is 0.103. The Hall–Kier alpha value is -0.770. The van der Waals surface area contributed by atoms with Crippen LogP contribution in [0.1, 0.15) is 46.5 Å². The predicted octanol–water partition coefficient (Wildman–Crippen LogP) is 1.64. The Morgan fingerprint density at radius 2 is 1.87 bits per heavy atom. The van der Waals surface area contributed by atoms with Gasteiger partial charge in [-0.15, -0.1) is 0 Å². The molecule has 3 N–H and O–H groups in total. The zero-order valence-corrected chi connectivity index (χ0v) is 10.0. The normalized spacial score (nSPS) is 12.6. The maximum atomic E-state index is 11.5. The Morgan fingerprint density at radius 3 is 2.33 bits per heavy atom. The number of aliphatic hydroxyl groups excluding tert-OH is 1. The predicted molar refractivity (Wildman–Crippen MR) is 61.8 cm³/mol. The number of carbonyl (C=O) groups is 1. The van der Waals surface area contributed by atoms with Crippen LogP contribution in [0.4, 0.5) is 4.79 Å².